The van der Waals surface area contributed by atoms with E-state index in [0.717, 1.165) is 11.4 Å². The number of nitrogens with one attached hydrogen (secondary N) is 2. The molecule has 0 spiro atoms. The Hall–Kier alpha value is -1.70. The first kappa shape index (κ1) is 14.7. The normalized spacial score (nSPS) is 11.7. The van der Waals surface area contributed by atoms with Gasteiger partial charge in [-0.3, -0.25) is 0 Å². The minimum atomic E-state index is -3.57. The number of hydrogen-bond donors (Lipinski definition) is 3. The van der Waals surface area contributed by atoms with E-state index >= 15 is 0 Å². The number of aromatic amines is 1. The number of benzene rings is 1. The topological polar surface area (TPSA) is 95.1 Å². The SMILES string of the molecule is Cc1ccc(S(=O)(=O)NCCc2ncc[nH]2)cc1CO. The molecule has 6 nitrogen and oxygen atoms in total. The molecular formula is C13H17N3O3S. The highest BCUT2D eigenvalue weighted by atomic mass is 32.2. The summed E-state index contributed by atoms with van der Waals surface area (Å²) in [6.07, 6.45) is 3.81. The van der Waals surface area contributed by atoms with Crippen molar-refractivity contribution in [3.63, 3.8) is 0 Å². The molecule has 108 valence electrons. The lowest BCUT2D eigenvalue weighted by atomic mass is 10.1. The number of hydrogen-bond acceptors (Lipinski definition) is 4. The smallest absolute Gasteiger partial charge is 0.240 e. The Morgan fingerprint density at radius 2 is 2.20 bits per heavy atom. The molecule has 0 aliphatic carbocycles. The van der Waals surface area contributed by atoms with Gasteiger partial charge in [0.25, 0.3) is 0 Å². The van der Waals surface area contributed by atoms with Gasteiger partial charge in [0.15, 0.2) is 0 Å². The lowest BCUT2D eigenvalue weighted by Crippen LogP contribution is -2.26. The number of aromatic nitrogens is 2. The summed E-state index contributed by atoms with van der Waals surface area (Å²) in [5.74, 6) is 0.729. The van der Waals surface area contributed by atoms with Crippen molar-refractivity contribution in [2.45, 2.75) is 24.8 Å². The van der Waals surface area contributed by atoms with Crippen LogP contribution in [0.25, 0.3) is 0 Å². The zero-order valence-corrected chi connectivity index (χ0v) is 11.9. The van der Waals surface area contributed by atoms with E-state index in [2.05, 4.69) is 14.7 Å². The van der Waals surface area contributed by atoms with E-state index in [1.165, 1.54) is 12.1 Å². The number of aliphatic hydroxyl groups is 1. The summed E-state index contributed by atoms with van der Waals surface area (Å²) in [6.45, 7) is 1.91. The second kappa shape index (κ2) is 6.17. The molecule has 0 aliphatic heterocycles. The number of imidazole rings is 1. The van der Waals surface area contributed by atoms with E-state index < -0.39 is 10.0 Å². The summed E-state index contributed by atoms with van der Waals surface area (Å²) in [7, 11) is -3.57. The first-order valence-corrected chi connectivity index (χ1v) is 7.69. The van der Waals surface area contributed by atoms with Crippen LogP contribution in [0.15, 0.2) is 35.5 Å². The van der Waals surface area contributed by atoms with Crippen LogP contribution in [0.1, 0.15) is 17.0 Å². The van der Waals surface area contributed by atoms with Gasteiger partial charge in [0, 0.05) is 25.4 Å². The summed E-state index contributed by atoms with van der Waals surface area (Å²) in [5.41, 5.74) is 1.47. The third kappa shape index (κ3) is 3.44. The predicted octanol–water partition coefficient (Wildman–Crippen LogP) is 0.731. The third-order valence-corrected chi connectivity index (χ3v) is 4.47. The van der Waals surface area contributed by atoms with Crippen molar-refractivity contribution in [2.75, 3.05) is 6.54 Å². The minimum absolute atomic E-state index is 0.159. The van der Waals surface area contributed by atoms with E-state index in [-0.39, 0.29) is 18.0 Å². The molecule has 2 aromatic rings. The molecule has 0 amide bonds. The van der Waals surface area contributed by atoms with Crippen LogP contribution in [0.3, 0.4) is 0 Å². The molecule has 3 N–H and O–H groups in total. The van der Waals surface area contributed by atoms with Crippen molar-refractivity contribution in [1.29, 1.82) is 0 Å². The minimum Gasteiger partial charge on any atom is -0.392 e. The quantitative estimate of drug-likeness (QED) is 0.732. The average Bonchev–Trinajstić information content (AvgIpc) is 2.92. The Kier molecular flexibility index (Phi) is 4.53. The highest BCUT2D eigenvalue weighted by Crippen LogP contribution is 2.15. The molecular weight excluding hydrogens is 278 g/mol. The zero-order chi connectivity index (χ0) is 14.6. The Bertz CT molecular complexity index is 666. The lowest BCUT2D eigenvalue weighted by Gasteiger charge is -2.09. The Balaban J connectivity index is 2.06. The second-order valence-corrected chi connectivity index (χ2v) is 6.20. The van der Waals surface area contributed by atoms with Crippen LogP contribution in [0, 0.1) is 6.92 Å². The van der Waals surface area contributed by atoms with Crippen LogP contribution in [-0.4, -0.2) is 30.0 Å². The fourth-order valence-electron chi connectivity index (χ4n) is 1.81. The van der Waals surface area contributed by atoms with E-state index in [0.29, 0.717) is 12.0 Å². The number of sulfonamides is 1. The van der Waals surface area contributed by atoms with Crippen molar-refractivity contribution in [3.05, 3.63) is 47.5 Å². The van der Waals surface area contributed by atoms with Crippen molar-refractivity contribution >= 4 is 10.0 Å². The standard InChI is InChI=1S/C13H17N3O3S/c1-10-2-3-12(8-11(10)9-17)20(18,19)16-5-4-13-14-6-7-15-13/h2-3,6-8,16-17H,4-5,9H2,1H3,(H,14,15). The van der Waals surface area contributed by atoms with Crippen LogP contribution in [-0.2, 0) is 23.1 Å². The molecule has 0 radical (unpaired) electrons. The van der Waals surface area contributed by atoms with Gasteiger partial charge in [0.05, 0.1) is 11.5 Å². The number of aliphatic hydroxyl groups excluding tert-OH is 1. The maximum absolute atomic E-state index is 12.1. The van der Waals surface area contributed by atoms with Gasteiger partial charge in [-0.2, -0.15) is 0 Å². The van der Waals surface area contributed by atoms with Gasteiger partial charge < -0.3 is 10.1 Å². The Morgan fingerprint density at radius 1 is 1.40 bits per heavy atom. The van der Waals surface area contributed by atoms with Crippen LogP contribution in [0.4, 0.5) is 0 Å². The molecule has 0 bridgehead atoms. The number of nitrogens with zero attached hydrogens (tertiary/aromatic N) is 1. The van der Waals surface area contributed by atoms with Crippen molar-refractivity contribution in [1.82, 2.24) is 14.7 Å². The van der Waals surface area contributed by atoms with Gasteiger partial charge in [-0.25, -0.2) is 18.1 Å². The second-order valence-electron chi connectivity index (χ2n) is 4.43. The molecule has 7 heteroatoms. The van der Waals surface area contributed by atoms with Crippen LogP contribution in [0.5, 0.6) is 0 Å². The zero-order valence-electron chi connectivity index (χ0n) is 11.1. The Morgan fingerprint density at radius 3 is 2.85 bits per heavy atom. The maximum Gasteiger partial charge on any atom is 0.240 e. The van der Waals surface area contributed by atoms with E-state index in [9.17, 15) is 13.5 Å². The predicted molar refractivity (Wildman–Crippen MR) is 74.6 cm³/mol. The molecule has 2 rings (SSSR count). The number of H-pyrrole nitrogens is 1. The van der Waals surface area contributed by atoms with Crippen molar-refractivity contribution < 1.29 is 13.5 Å². The van der Waals surface area contributed by atoms with Crippen LogP contribution >= 0.6 is 0 Å². The number of aryl methyl sites for hydroxylation is 1. The van der Waals surface area contributed by atoms with Crippen LogP contribution < -0.4 is 4.72 Å². The van der Waals surface area contributed by atoms with Crippen molar-refractivity contribution in [3.8, 4) is 0 Å². The third-order valence-electron chi connectivity index (χ3n) is 3.01. The maximum atomic E-state index is 12.1. The first-order valence-electron chi connectivity index (χ1n) is 6.21. The monoisotopic (exact) mass is 295 g/mol. The largest absolute Gasteiger partial charge is 0.392 e. The fourth-order valence-corrected chi connectivity index (χ4v) is 2.89. The first-order chi connectivity index (χ1) is 9.53. The summed E-state index contributed by atoms with van der Waals surface area (Å²) in [4.78, 5) is 7.09. The summed E-state index contributed by atoms with van der Waals surface area (Å²) >= 11 is 0. The van der Waals surface area contributed by atoms with E-state index in [1.807, 2.05) is 6.92 Å². The van der Waals surface area contributed by atoms with Gasteiger partial charge in [0.1, 0.15) is 5.82 Å². The molecule has 1 aromatic carbocycles. The molecule has 1 heterocycles. The van der Waals surface area contributed by atoms with E-state index in [4.69, 9.17) is 0 Å². The molecule has 1 aromatic heterocycles. The summed E-state index contributed by atoms with van der Waals surface area (Å²) in [6, 6.07) is 4.71. The van der Waals surface area contributed by atoms with Gasteiger partial charge in [0.2, 0.25) is 10.0 Å². The lowest BCUT2D eigenvalue weighted by molar-refractivity contribution is 0.280. The summed E-state index contributed by atoms with van der Waals surface area (Å²) < 4.78 is 26.7. The molecule has 0 unspecified atom stereocenters. The summed E-state index contributed by atoms with van der Waals surface area (Å²) in [5, 5.41) is 9.18. The van der Waals surface area contributed by atoms with Gasteiger partial charge >= 0.3 is 0 Å². The molecule has 0 atom stereocenters. The molecule has 20 heavy (non-hydrogen) atoms. The average molecular weight is 295 g/mol. The Labute approximate surface area is 117 Å². The molecule has 0 saturated carbocycles. The van der Waals surface area contributed by atoms with Gasteiger partial charge in [-0.1, -0.05) is 6.07 Å². The van der Waals surface area contributed by atoms with Gasteiger partial charge in [-0.15, -0.1) is 0 Å². The highest BCUT2D eigenvalue weighted by molar-refractivity contribution is 7.89. The van der Waals surface area contributed by atoms with Gasteiger partial charge in [-0.05, 0) is 30.2 Å². The molecule has 0 saturated heterocycles. The fraction of sp³-hybridized carbons (Fsp3) is 0.308. The molecule has 0 fully saturated rings. The van der Waals surface area contributed by atoms with E-state index in [1.54, 1.807) is 18.5 Å². The van der Waals surface area contributed by atoms with Crippen molar-refractivity contribution in [2.24, 2.45) is 0 Å². The highest BCUT2D eigenvalue weighted by Gasteiger charge is 2.14. The van der Waals surface area contributed by atoms with Crippen LogP contribution in [0.2, 0.25) is 0 Å². The molecule has 0 aliphatic rings. The number of rotatable bonds is 6.